The molecule has 0 amide bonds. The van der Waals surface area contributed by atoms with Gasteiger partial charge in [-0.15, -0.1) is 0 Å². The van der Waals surface area contributed by atoms with Gasteiger partial charge in [-0.05, 0) is 25.0 Å². The van der Waals surface area contributed by atoms with Gasteiger partial charge in [-0.3, -0.25) is 0 Å². The molecule has 5 heteroatoms. The molecular formula is C8H8ClNO2S. The van der Waals surface area contributed by atoms with Gasteiger partial charge in [0.05, 0.1) is 10.3 Å². The van der Waals surface area contributed by atoms with Gasteiger partial charge in [0.25, 0.3) is 0 Å². The molecule has 0 unspecified atom stereocenters. The van der Waals surface area contributed by atoms with E-state index in [-0.39, 0.29) is 10.3 Å². The van der Waals surface area contributed by atoms with Crippen LogP contribution >= 0.6 is 11.6 Å². The second-order valence-corrected chi connectivity index (χ2v) is 5.67. The van der Waals surface area contributed by atoms with Crippen LogP contribution in [0.2, 0.25) is 5.02 Å². The minimum Gasteiger partial charge on any atom is -0.243 e. The Morgan fingerprint density at radius 1 is 1.38 bits per heavy atom. The van der Waals surface area contributed by atoms with Gasteiger partial charge in [-0.1, -0.05) is 11.6 Å². The van der Waals surface area contributed by atoms with Crippen molar-refractivity contribution in [1.82, 2.24) is 4.98 Å². The lowest BCUT2D eigenvalue weighted by atomic mass is 10.5. The maximum atomic E-state index is 11.6. The summed E-state index contributed by atoms with van der Waals surface area (Å²) in [4.78, 5) is 3.79. The van der Waals surface area contributed by atoms with E-state index in [1.54, 1.807) is 6.07 Å². The molecule has 0 bridgehead atoms. The Morgan fingerprint density at radius 2 is 2.08 bits per heavy atom. The molecule has 0 aliphatic heterocycles. The predicted octanol–water partition coefficient (Wildman–Crippen LogP) is 1.67. The highest BCUT2D eigenvalue weighted by Crippen LogP contribution is 2.32. The first-order valence-corrected chi connectivity index (χ1v) is 5.88. The second-order valence-electron chi connectivity index (χ2n) is 3.06. The van der Waals surface area contributed by atoms with Gasteiger partial charge in [0.1, 0.15) is 0 Å². The molecule has 13 heavy (non-hydrogen) atoms. The van der Waals surface area contributed by atoms with Crippen LogP contribution in [0.3, 0.4) is 0 Å². The van der Waals surface area contributed by atoms with E-state index in [1.165, 1.54) is 12.3 Å². The first kappa shape index (κ1) is 8.97. The molecule has 0 aromatic carbocycles. The van der Waals surface area contributed by atoms with Crippen LogP contribution < -0.4 is 0 Å². The minimum absolute atomic E-state index is 0.138. The van der Waals surface area contributed by atoms with Gasteiger partial charge in [0, 0.05) is 6.20 Å². The number of rotatable bonds is 2. The molecule has 0 spiro atoms. The van der Waals surface area contributed by atoms with Crippen molar-refractivity contribution in [3.05, 3.63) is 23.4 Å². The maximum Gasteiger partial charge on any atom is 0.198 e. The summed E-state index contributed by atoms with van der Waals surface area (Å²) in [5.41, 5.74) is 0. The molecule has 1 heterocycles. The van der Waals surface area contributed by atoms with Crippen LogP contribution in [0, 0.1) is 0 Å². The zero-order valence-corrected chi connectivity index (χ0v) is 8.35. The number of nitrogens with zero attached hydrogens (tertiary/aromatic N) is 1. The second kappa shape index (κ2) is 2.96. The van der Waals surface area contributed by atoms with Crippen molar-refractivity contribution in [3.63, 3.8) is 0 Å². The summed E-state index contributed by atoms with van der Waals surface area (Å²) in [5, 5.41) is 0.385. The molecule has 0 radical (unpaired) electrons. The van der Waals surface area contributed by atoms with E-state index in [0.29, 0.717) is 5.02 Å². The van der Waals surface area contributed by atoms with Crippen LogP contribution in [-0.4, -0.2) is 18.7 Å². The Morgan fingerprint density at radius 3 is 2.54 bits per heavy atom. The molecule has 1 fully saturated rings. The van der Waals surface area contributed by atoms with Gasteiger partial charge in [-0.2, -0.15) is 0 Å². The first-order chi connectivity index (χ1) is 6.10. The van der Waals surface area contributed by atoms with Crippen molar-refractivity contribution in [3.8, 4) is 0 Å². The van der Waals surface area contributed by atoms with Crippen molar-refractivity contribution in [2.45, 2.75) is 23.1 Å². The normalized spacial score (nSPS) is 17.3. The average molecular weight is 218 g/mol. The fourth-order valence-corrected chi connectivity index (χ4v) is 2.75. The summed E-state index contributed by atoms with van der Waals surface area (Å²) in [6.07, 6.45) is 2.87. The molecule has 3 nitrogen and oxygen atoms in total. The van der Waals surface area contributed by atoms with Crippen molar-refractivity contribution < 1.29 is 8.42 Å². The molecular weight excluding hydrogens is 210 g/mol. The zero-order valence-electron chi connectivity index (χ0n) is 6.77. The summed E-state index contributed by atoms with van der Waals surface area (Å²) >= 11 is 5.60. The number of hydrogen-bond acceptors (Lipinski definition) is 3. The molecule has 1 aliphatic carbocycles. The maximum absolute atomic E-state index is 11.6. The lowest BCUT2D eigenvalue weighted by Gasteiger charge is -1.99. The molecule has 1 aromatic heterocycles. The highest BCUT2D eigenvalue weighted by atomic mass is 35.5. The fourth-order valence-electron chi connectivity index (χ4n) is 1.08. The van der Waals surface area contributed by atoms with E-state index in [4.69, 9.17) is 11.6 Å². The standard InChI is InChI=1S/C8H8ClNO2S/c9-6-1-4-8(10-5-6)13(11,12)7-2-3-7/h1,4-5,7H,2-3H2. The lowest BCUT2D eigenvalue weighted by Crippen LogP contribution is -2.08. The van der Waals surface area contributed by atoms with Gasteiger partial charge in [0.15, 0.2) is 14.9 Å². The Labute approximate surface area is 81.7 Å². The smallest absolute Gasteiger partial charge is 0.198 e. The van der Waals surface area contributed by atoms with Gasteiger partial charge < -0.3 is 0 Å². The van der Waals surface area contributed by atoms with Crippen LogP contribution in [0.15, 0.2) is 23.4 Å². The van der Waals surface area contributed by atoms with Crippen LogP contribution in [0.1, 0.15) is 12.8 Å². The number of hydrogen-bond donors (Lipinski definition) is 0. The van der Waals surface area contributed by atoms with Crippen LogP contribution in [-0.2, 0) is 9.84 Å². The minimum atomic E-state index is -3.15. The van der Waals surface area contributed by atoms with Crippen molar-refractivity contribution in [2.75, 3.05) is 0 Å². The van der Waals surface area contributed by atoms with E-state index >= 15 is 0 Å². The molecule has 2 rings (SSSR count). The zero-order chi connectivity index (χ0) is 9.47. The number of aromatic nitrogens is 1. The van der Waals surface area contributed by atoms with Gasteiger partial charge in [0.2, 0.25) is 0 Å². The molecule has 1 aromatic rings. The highest BCUT2D eigenvalue weighted by molar-refractivity contribution is 7.92. The third-order valence-electron chi connectivity index (χ3n) is 1.95. The quantitative estimate of drug-likeness (QED) is 0.757. The van der Waals surface area contributed by atoms with Crippen LogP contribution in [0.5, 0.6) is 0 Å². The number of sulfone groups is 1. The van der Waals surface area contributed by atoms with Gasteiger partial charge in [-0.25, -0.2) is 13.4 Å². The van der Waals surface area contributed by atoms with Crippen molar-refractivity contribution in [1.29, 1.82) is 0 Å². The van der Waals surface area contributed by atoms with E-state index in [0.717, 1.165) is 12.8 Å². The summed E-state index contributed by atoms with van der Waals surface area (Å²) in [6, 6.07) is 3.00. The van der Waals surface area contributed by atoms with Gasteiger partial charge >= 0.3 is 0 Å². The molecule has 0 saturated heterocycles. The number of pyridine rings is 1. The van der Waals surface area contributed by atoms with E-state index < -0.39 is 9.84 Å². The van der Waals surface area contributed by atoms with E-state index in [1.807, 2.05) is 0 Å². The predicted molar refractivity (Wildman–Crippen MR) is 49.5 cm³/mol. The first-order valence-electron chi connectivity index (χ1n) is 3.96. The fraction of sp³-hybridized carbons (Fsp3) is 0.375. The summed E-state index contributed by atoms with van der Waals surface area (Å²) in [7, 11) is -3.15. The lowest BCUT2D eigenvalue weighted by molar-refractivity contribution is 0.591. The van der Waals surface area contributed by atoms with Crippen LogP contribution in [0.25, 0.3) is 0 Å². The Hall–Kier alpha value is -0.610. The van der Waals surface area contributed by atoms with E-state index in [9.17, 15) is 8.42 Å². The SMILES string of the molecule is O=S(=O)(c1ccc(Cl)cn1)C1CC1. The van der Waals surface area contributed by atoms with Crippen molar-refractivity contribution >= 4 is 21.4 Å². The summed E-state index contributed by atoms with van der Waals surface area (Å²) in [5.74, 6) is 0. The molecule has 1 aliphatic rings. The van der Waals surface area contributed by atoms with Crippen LogP contribution in [0.4, 0.5) is 0 Å². The molecule has 70 valence electrons. The Kier molecular flexibility index (Phi) is 2.04. The topological polar surface area (TPSA) is 47.0 Å². The van der Waals surface area contributed by atoms with E-state index in [2.05, 4.69) is 4.98 Å². The molecule has 0 N–H and O–H groups in total. The third kappa shape index (κ3) is 1.69. The summed E-state index contributed by atoms with van der Waals surface area (Å²) in [6.45, 7) is 0. The largest absolute Gasteiger partial charge is 0.243 e. The van der Waals surface area contributed by atoms with Crippen molar-refractivity contribution in [2.24, 2.45) is 0 Å². The Bertz CT molecular complexity index is 408. The average Bonchev–Trinajstić information content (AvgIpc) is 2.87. The highest BCUT2D eigenvalue weighted by Gasteiger charge is 2.37. The molecule has 0 atom stereocenters. The Balaban J connectivity index is 2.40. The summed E-state index contributed by atoms with van der Waals surface area (Å²) < 4.78 is 23.2. The molecule has 1 saturated carbocycles. The number of halogens is 1. The third-order valence-corrected chi connectivity index (χ3v) is 4.35. The monoisotopic (exact) mass is 217 g/mol.